The van der Waals surface area contributed by atoms with Crippen LogP contribution in [-0.4, -0.2) is 64.4 Å². The maximum absolute atomic E-state index is 14.8. The average Bonchev–Trinajstić information content (AvgIpc) is 3.52. The smallest absolute Gasteiger partial charge is 0.338 e. The molecule has 9 nitrogen and oxygen atoms in total. The largest absolute Gasteiger partial charge is 0.461 e. The van der Waals surface area contributed by atoms with Gasteiger partial charge in [-0.2, -0.15) is 0 Å². The molecule has 8 aliphatic rings. The first-order valence-electron chi connectivity index (χ1n) is 15.5. The molecular weight excluding hydrogens is 538 g/mol. The molecule has 4 bridgehead atoms. The normalized spacial score (nSPS) is 46.4. The fourth-order valence-electron chi connectivity index (χ4n) is 11.3. The van der Waals surface area contributed by atoms with Gasteiger partial charge in [-0.3, -0.25) is 14.4 Å². The van der Waals surface area contributed by atoms with Gasteiger partial charge in [-0.05, 0) is 79.2 Å². The Morgan fingerprint density at radius 2 is 1.60 bits per heavy atom. The Morgan fingerprint density at radius 3 is 2.19 bits per heavy atom. The lowest BCUT2D eigenvalue weighted by Crippen LogP contribution is -2.66. The van der Waals surface area contributed by atoms with E-state index in [9.17, 15) is 24.3 Å². The minimum Gasteiger partial charge on any atom is -0.461 e. The molecule has 3 saturated heterocycles. The zero-order valence-electron chi connectivity index (χ0n) is 24.5. The summed E-state index contributed by atoms with van der Waals surface area (Å²) in [5.41, 5.74) is -5.86. The number of likely N-dealkylation sites (tertiary alicyclic amines) is 1. The van der Waals surface area contributed by atoms with E-state index in [0.29, 0.717) is 24.3 Å². The van der Waals surface area contributed by atoms with Crippen LogP contribution in [-0.2, 0) is 28.6 Å². The predicted octanol–water partition coefficient (Wildman–Crippen LogP) is 3.62. The fraction of sp³-hybridized carbons (Fsp3) is 0.697. The summed E-state index contributed by atoms with van der Waals surface area (Å²) in [6.07, 6.45) is 2.69. The highest BCUT2D eigenvalue weighted by Crippen LogP contribution is 2.76. The van der Waals surface area contributed by atoms with Crippen LogP contribution in [0.5, 0.6) is 0 Å². The lowest BCUT2D eigenvalue weighted by atomic mass is 9.49. The highest BCUT2D eigenvalue weighted by Gasteiger charge is 2.93. The van der Waals surface area contributed by atoms with Crippen molar-refractivity contribution >= 4 is 23.8 Å². The summed E-state index contributed by atoms with van der Waals surface area (Å²) < 4.78 is 18.1. The van der Waals surface area contributed by atoms with Crippen molar-refractivity contribution in [3.05, 3.63) is 35.9 Å². The molecule has 8 fully saturated rings. The number of carbonyl (C=O) groups is 4. The second-order valence-electron chi connectivity index (χ2n) is 15.6. The molecule has 1 aromatic rings. The molecule has 2 spiro atoms. The molecule has 9 heteroatoms. The van der Waals surface area contributed by atoms with Crippen LogP contribution in [0.15, 0.2) is 30.3 Å². The maximum atomic E-state index is 14.8. The molecule has 6 atom stereocenters. The molecule has 1 aromatic carbocycles. The van der Waals surface area contributed by atoms with E-state index in [0.717, 1.165) is 19.3 Å². The van der Waals surface area contributed by atoms with E-state index < -0.39 is 64.1 Å². The number of aliphatic hydroxyl groups is 1. The van der Waals surface area contributed by atoms with Crippen molar-refractivity contribution in [3.63, 3.8) is 0 Å². The van der Waals surface area contributed by atoms with Crippen LogP contribution >= 0.6 is 0 Å². The first-order valence-corrected chi connectivity index (χ1v) is 15.5. The number of hydrogen-bond acceptors (Lipinski definition) is 8. The molecule has 5 aliphatic carbocycles. The Morgan fingerprint density at radius 1 is 0.976 bits per heavy atom. The molecule has 1 amide bonds. The van der Waals surface area contributed by atoms with Gasteiger partial charge < -0.3 is 24.2 Å². The number of hydrogen-bond donors (Lipinski definition) is 1. The van der Waals surface area contributed by atoms with Gasteiger partial charge in [0.1, 0.15) is 16.9 Å². The van der Waals surface area contributed by atoms with Crippen molar-refractivity contribution < 1.29 is 38.5 Å². The van der Waals surface area contributed by atoms with Crippen molar-refractivity contribution in [3.8, 4) is 0 Å². The third kappa shape index (κ3) is 3.03. The van der Waals surface area contributed by atoms with Crippen LogP contribution in [0.3, 0.4) is 0 Å². The number of benzene rings is 1. The summed E-state index contributed by atoms with van der Waals surface area (Å²) in [5.74, 6) is -0.519. The zero-order chi connectivity index (χ0) is 29.4. The Labute approximate surface area is 245 Å². The zero-order valence-corrected chi connectivity index (χ0v) is 24.5. The topological polar surface area (TPSA) is 119 Å². The average molecular weight is 578 g/mol. The minimum absolute atomic E-state index is 0.0499. The van der Waals surface area contributed by atoms with Crippen molar-refractivity contribution in [2.24, 2.45) is 39.4 Å². The number of ether oxygens (including phenoxy) is 3. The Kier molecular flexibility index (Phi) is 5.18. The fourth-order valence-corrected chi connectivity index (χ4v) is 11.3. The van der Waals surface area contributed by atoms with Crippen molar-refractivity contribution in [2.75, 3.05) is 6.54 Å². The highest BCUT2D eigenvalue weighted by molar-refractivity contribution is 5.99. The third-order valence-electron chi connectivity index (χ3n) is 12.5. The van der Waals surface area contributed by atoms with E-state index in [4.69, 9.17) is 14.2 Å². The summed E-state index contributed by atoms with van der Waals surface area (Å²) in [6, 6.07) is 8.40. The van der Waals surface area contributed by atoms with E-state index in [1.165, 1.54) is 19.3 Å². The van der Waals surface area contributed by atoms with Crippen molar-refractivity contribution in [1.82, 2.24) is 4.90 Å². The van der Waals surface area contributed by atoms with Gasteiger partial charge in [0.2, 0.25) is 0 Å². The number of nitrogens with zero attached hydrogens (tertiary/aromatic N) is 1. The van der Waals surface area contributed by atoms with Crippen LogP contribution in [0.25, 0.3) is 0 Å². The van der Waals surface area contributed by atoms with Gasteiger partial charge in [0, 0.05) is 13.0 Å². The predicted molar refractivity (Wildman–Crippen MR) is 146 cm³/mol. The molecule has 224 valence electrons. The van der Waals surface area contributed by atoms with Crippen LogP contribution in [0, 0.1) is 39.4 Å². The SMILES string of the molecule is CC(C)(C)[C@]1(O)C[C@@H]2OC(=O)C[C@@]23C(=O)O[C@@H]2N(CC45CC6CC(CC(C6)C4)C5)C(=O)[C@H](OC(=O)c4ccccc4)[C@]213. The van der Waals surface area contributed by atoms with Crippen molar-refractivity contribution in [2.45, 2.75) is 96.2 Å². The standard InChI is InChI=1S/C33H39NO8/c1-29(2,3)32(39)15-22-31(16-23(35)40-22)28(38)42-27-33(31,32)24(41-26(37)21-7-5-4-6-8-21)25(36)34(27)17-30-12-18-9-19(13-30)11-20(10-18)14-30/h4-8,18-20,22,24,27,39H,9-17H2,1-3H3/t18?,19?,20?,22-,24-,27-,30?,31-,32+,33+/m0/s1. The summed E-state index contributed by atoms with van der Waals surface area (Å²) in [6.45, 7) is 5.92. The summed E-state index contributed by atoms with van der Waals surface area (Å²) >= 11 is 0. The highest BCUT2D eigenvalue weighted by atomic mass is 16.6. The number of carbonyl (C=O) groups excluding carboxylic acids is 4. The lowest BCUT2D eigenvalue weighted by Gasteiger charge is -2.58. The first kappa shape index (κ1) is 26.7. The Balaban J connectivity index is 1.29. The summed E-state index contributed by atoms with van der Waals surface area (Å²) in [4.78, 5) is 57.0. The summed E-state index contributed by atoms with van der Waals surface area (Å²) in [7, 11) is 0. The quantitative estimate of drug-likeness (QED) is 0.426. The maximum Gasteiger partial charge on any atom is 0.338 e. The molecule has 9 rings (SSSR count). The van der Waals surface area contributed by atoms with Gasteiger partial charge >= 0.3 is 17.9 Å². The minimum atomic E-state index is -1.74. The molecule has 0 unspecified atom stereocenters. The van der Waals surface area contributed by atoms with E-state index in [2.05, 4.69) is 0 Å². The van der Waals surface area contributed by atoms with Crippen LogP contribution in [0.1, 0.15) is 82.5 Å². The first-order chi connectivity index (χ1) is 19.8. The number of rotatable bonds is 4. The Hall–Kier alpha value is -2.94. The van der Waals surface area contributed by atoms with E-state index in [-0.39, 0.29) is 23.8 Å². The lowest BCUT2D eigenvalue weighted by molar-refractivity contribution is -0.214. The molecule has 1 N–H and O–H groups in total. The van der Waals surface area contributed by atoms with Crippen LogP contribution < -0.4 is 0 Å². The third-order valence-corrected chi connectivity index (χ3v) is 12.5. The van der Waals surface area contributed by atoms with E-state index in [1.54, 1.807) is 35.2 Å². The molecule has 3 heterocycles. The van der Waals surface area contributed by atoms with Gasteiger partial charge in [-0.25, -0.2) is 4.79 Å². The molecule has 0 radical (unpaired) electrons. The number of amides is 1. The van der Waals surface area contributed by atoms with Crippen LogP contribution in [0.2, 0.25) is 0 Å². The monoisotopic (exact) mass is 577 g/mol. The molecule has 3 aliphatic heterocycles. The molecule has 42 heavy (non-hydrogen) atoms. The van der Waals surface area contributed by atoms with Gasteiger partial charge in [-0.1, -0.05) is 39.0 Å². The molecular formula is C33H39NO8. The van der Waals surface area contributed by atoms with Crippen LogP contribution in [0.4, 0.5) is 0 Å². The van der Waals surface area contributed by atoms with Gasteiger partial charge in [-0.15, -0.1) is 0 Å². The second-order valence-corrected chi connectivity index (χ2v) is 15.6. The summed E-state index contributed by atoms with van der Waals surface area (Å²) in [5, 5.41) is 12.9. The van der Waals surface area contributed by atoms with Gasteiger partial charge in [0.25, 0.3) is 5.91 Å². The number of esters is 3. The molecule has 5 saturated carbocycles. The van der Waals surface area contributed by atoms with E-state index in [1.807, 2.05) is 20.8 Å². The van der Waals surface area contributed by atoms with Gasteiger partial charge in [0.05, 0.1) is 17.6 Å². The van der Waals surface area contributed by atoms with E-state index >= 15 is 0 Å². The Bertz CT molecular complexity index is 1360. The second kappa shape index (κ2) is 8.16. The molecule has 0 aromatic heterocycles. The van der Waals surface area contributed by atoms with Crippen molar-refractivity contribution in [1.29, 1.82) is 0 Å². The van der Waals surface area contributed by atoms with Gasteiger partial charge in [0.15, 0.2) is 12.3 Å².